The molecular formula is C41H62N2O6. The maximum Gasteiger partial charge on any atom is 0.312 e. The summed E-state index contributed by atoms with van der Waals surface area (Å²) in [5.74, 6) is -2.86. The smallest absolute Gasteiger partial charge is 0.312 e. The van der Waals surface area contributed by atoms with Crippen molar-refractivity contribution >= 4 is 11.9 Å². The number of aromatic hydroxyl groups is 2. The highest BCUT2D eigenvalue weighted by atomic mass is 16.7. The average molecular weight is 679 g/mol. The predicted molar refractivity (Wildman–Crippen MR) is 195 cm³/mol. The van der Waals surface area contributed by atoms with Gasteiger partial charge in [0.1, 0.15) is 11.5 Å². The zero-order valence-corrected chi connectivity index (χ0v) is 32.6. The highest BCUT2D eigenvalue weighted by Crippen LogP contribution is 2.44. The van der Waals surface area contributed by atoms with Crippen molar-refractivity contribution in [3.63, 3.8) is 0 Å². The number of benzene rings is 2. The number of esters is 2. The Bertz CT molecular complexity index is 1390. The van der Waals surface area contributed by atoms with Crippen molar-refractivity contribution in [1.29, 1.82) is 0 Å². The molecule has 2 N–H and O–H groups in total. The van der Waals surface area contributed by atoms with Crippen LogP contribution in [0.5, 0.6) is 11.5 Å². The average Bonchev–Trinajstić information content (AvgIpc) is 2.95. The summed E-state index contributed by atoms with van der Waals surface area (Å²) < 4.78 is 13.4. The van der Waals surface area contributed by atoms with Gasteiger partial charge in [-0.3, -0.25) is 19.4 Å². The molecule has 272 valence electrons. The number of rotatable bonds is 8. The first-order valence-corrected chi connectivity index (χ1v) is 17.8. The van der Waals surface area contributed by atoms with Gasteiger partial charge in [-0.15, -0.1) is 0 Å². The number of phenols is 2. The fourth-order valence-corrected chi connectivity index (χ4v) is 8.75. The number of phenolic OH excluding ortho intramolecular Hbond substituents is 2. The Balaban J connectivity index is 1.85. The Morgan fingerprint density at radius 1 is 0.612 bits per heavy atom. The molecule has 2 aromatic carbocycles. The maximum absolute atomic E-state index is 14.5. The Labute approximate surface area is 295 Å². The van der Waals surface area contributed by atoms with Crippen molar-refractivity contribution in [3.8, 4) is 11.5 Å². The second kappa shape index (κ2) is 13.2. The van der Waals surface area contributed by atoms with Crippen LogP contribution in [-0.2, 0) is 31.9 Å². The van der Waals surface area contributed by atoms with E-state index in [9.17, 15) is 19.8 Å². The molecule has 0 aliphatic carbocycles. The van der Waals surface area contributed by atoms with Crippen molar-refractivity contribution in [3.05, 3.63) is 57.6 Å². The maximum atomic E-state index is 14.5. The molecule has 0 unspecified atom stereocenters. The Morgan fingerprint density at radius 3 is 1.10 bits per heavy atom. The normalized spacial score (nSPS) is 21.3. The molecule has 2 saturated heterocycles. The third kappa shape index (κ3) is 8.12. The van der Waals surface area contributed by atoms with Crippen LogP contribution in [0, 0.1) is 39.5 Å². The lowest BCUT2D eigenvalue weighted by Gasteiger charge is -2.53. The van der Waals surface area contributed by atoms with Gasteiger partial charge in [-0.1, -0.05) is 24.3 Å². The van der Waals surface area contributed by atoms with Crippen LogP contribution >= 0.6 is 0 Å². The van der Waals surface area contributed by atoms with Gasteiger partial charge < -0.3 is 19.7 Å². The molecular weight excluding hydrogens is 616 g/mol. The lowest BCUT2D eigenvalue weighted by atomic mass is 9.74. The Kier molecular flexibility index (Phi) is 10.4. The number of piperidine rings is 2. The summed E-state index contributed by atoms with van der Waals surface area (Å²) in [5, 5.41) is 21.2. The third-order valence-corrected chi connectivity index (χ3v) is 11.9. The number of aryl methyl sites for hydroxylation is 4. The lowest BCUT2D eigenvalue weighted by Crippen LogP contribution is -2.61. The topological polar surface area (TPSA) is 99.5 Å². The first-order valence-electron chi connectivity index (χ1n) is 17.8. The highest BCUT2D eigenvalue weighted by Gasteiger charge is 2.51. The first-order chi connectivity index (χ1) is 22.3. The van der Waals surface area contributed by atoms with Gasteiger partial charge in [0.05, 0.1) is 24.7 Å². The summed E-state index contributed by atoms with van der Waals surface area (Å²) in [6, 6.07) is 7.48. The van der Waals surface area contributed by atoms with Gasteiger partial charge >= 0.3 is 11.9 Å². The fraction of sp³-hybridized carbons (Fsp3) is 0.659. The van der Waals surface area contributed by atoms with Crippen molar-refractivity contribution in [2.24, 2.45) is 11.8 Å². The van der Waals surface area contributed by atoms with E-state index in [1.165, 1.54) is 0 Å². The molecule has 2 aliphatic rings. The minimum absolute atomic E-state index is 0.101. The number of nitrogens with zero attached hydrogens (tertiary/aromatic N) is 2. The van der Waals surface area contributed by atoms with E-state index < -0.39 is 17.6 Å². The van der Waals surface area contributed by atoms with E-state index >= 15 is 0 Å². The largest absolute Gasteiger partial charge is 0.507 e. The van der Waals surface area contributed by atoms with E-state index in [0.717, 1.165) is 11.1 Å². The van der Waals surface area contributed by atoms with Crippen LogP contribution in [-0.4, -0.2) is 74.0 Å². The van der Waals surface area contributed by atoms with E-state index in [-0.39, 0.29) is 58.4 Å². The number of ether oxygens (including phenoxy) is 2. The fourth-order valence-electron chi connectivity index (χ4n) is 8.75. The summed E-state index contributed by atoms with van der Waals surface area (Å²) in [4.78, 5) is 33.7. The molecule has 0 atom stereocenters. The van der Waals surface area contributed by atoms with Gasteiger partial charge in [-0.25, -0.2) is 0 Å². The van der Waals surface area contributed by atoms with Crippen LogP contribution in [0.4, 0.5) is 0 Å². The second-order valence-corrected chi connectivity index (χ2v) is 17.8. The molecule has 49 heavy (non-hydrogen) atoms. The van der Waals surface area contributed by atoms with Crippen LogP contribution < -0.4 is 0 Å². The lowest BCUT2D eigenvalue weighted by molar-refractivity contribution is -0.238. The summed E-state index contributed by atoms with van der Waals surface area (Å²) in [7, 11) is 4.20. The predicted octanol–water partition coefficient (Wildman–Crippen LogP) is 7.70. The van der Waals surface area contributed by atoms with E-state index in [2.05, 4.69) is 79.3 Å². The van der Waals surface area contributed by atoms with Gasteiger partial charge in [0.25, 0.3) is 5.79 Å². The van der Waals surface area contributed by atoms with Crippen LogP contribution in [0.25, 0.3) is 0 Å². The molecule has 2 aliphatic heterocycles. The number of hydrogen-bond acceptors (Lipinski definition) is 8. The van der Waals surface area contributed by atoms with Gasteiger partial charge in [-0.2, -0.15) is 0 Å². The number of likely N-dealkylation sites (tertiary alicyclic amines) is 2. The number of hydrogen-bond donors (Lipinski definition) is 2. The third-order valence-electron chi connectivity index (χ3n) is 11.9. The SMILES string of the molecule is Cc1cc(CC(Cc2cc(C)c(O)c(C)c2)(OC(=O)C2CC(C)(C)N(C)C(C)(C)C2)OC(=O)C2CC(C)(C)N(C)C(C)(C)C2)cc(C)c1O. The van der Waals surface area contributed by atoms with E-state index in [0.29, 0.717) is 47.9 Å². The molecule has 0 spiro atoms. The van der Waals surface area contributed by atoms with Crippen LogP contribution in [0.1, 0.15) is 114 Å². The molecule has 0 aromatic heterocycles. The van der Waals surface area contributed by atoms with Gasteiger partial charge in [-0.05, 0) is 156 Å². The monoisotopic (exact) mass is 678 g/mol. The van der Waals surface area contributed by atoms with Gasteiger partial charge in [0.15, 0.2) is 0 Å². The molecule has 2 heterocycles. The summed E-state index contributed by atoms with van der Waals surface area (Å²) in [6.07, 6.45) is 2.60. The van der Waals surface area contributed by atoms with E-state index in [1.54, 1.807) is 0 Å². The summed E-state index contributed by atoms with van der Waals surface area (Å²) in [6.45, 7) is 24.5. The number of carbonyl (C=O) groups excluding carboxylic acids is 2. The highest BCUT2D eigenvalue weighted by molar-refractivity contribution is 5.76. The van der Waals surface area contributed by atoms with E-state index in [4.69, 9.17) is 9.47 Å². The Morgan fingerprint density at radius 2 is 0.857 bits per heavy atom. The van der Waals surface area contributed by atoms with E-state index in [1.807, 2.05) is 52.0 Å². The number of carbonyl (C=O) groups is 2. The van der Waals surface area contributed by atoms with Gasteiger partial charge in [0.2, 0.25) is 0 Å². The van der Waals surface area contributed by atoms with Gasteiger partial charge in [0, 0.05) is 22.2 Å². The molecule has 0 bridgehead atoms. The second-order valence-electron chi connectivity index (χ2n) is 17.8. The van der Waals surface area contributed by atoms with Crippen molar-refractivity contribution in [1.82, 2.24) is 9.80 Å². The Hall–Kier alpha value is -3.10. The zero-order chi connectivity index (χ0) is 37.1. The van der Waals surface area contributed by atoms with Crippen LogP contribution in [0.2, 0.25) is 0 Å². The van der Waals surface area contributed by atoms with Crippen molar-refractivity contribution in [2.75, 3.05) is 14.1 Å². The molecule has 0 saturated carbocycles. The molecule has 4 rings (SSSR count). The van der Waals surface area contributed by atoms with Crippen molar-refractivity contribution in [2.45, 2.75) is 150 Å². The molecule has 0 amide bonds. The minimum atomic E-state index is -1.69. The minimum Gasteiger partial charge on any atom is -0.507 e. The first kappa shape index (κ1) is 38.7. The quantitative estimate of drug-likeness (QED) is 0.217. The molecule has 2 fully saturated rings. The van der Waals surface area contributed by atoms with Crippen molar-refractivity contribution < 1.29 is 29.3 Å². The summed E-state index contributed by atoms with van der Waals surface area (Å²) in [5.41, 5.74) is 3.30. The summed E-state index contributed by atoms with van der Waals surface area (Å²) >= 11 is 0. The molecule has 0 radical (unpaired) electrons. The van der Waals surface area contributed by atoms with Crippen LogP contribution in [0.3, 0.4) is 0 Å². The molecule has 8 heteroatoms. The molecule has 2 aromatic rings. The molecule has 8 nitrogen and oxygen atoms in total. The standard InChI is InChI=1S/C41H62N2O6/c1-25-15-29(16-26(2)33(25)44)19-41(20-30-17-27(3)34(45)28(4)18-30,48-35(46)31-21-37(5,6)42(13)38(7,8)22-31)49-36(47)32-23-39(9,10)43(14)40(11,12)24-32/h15-18,31-32,44-45H,19-24H2,1-14H3. The zero-order valence-electron chi connectivity index (χ0n) is 32.6. The van der Waals surface area contributed by atoms with Crippen LogP contribution in [0.15, 0.2) is 24.3 Å².